The quantitative estimate of drug-likeness (QED) is 0.792. The Bertz CT molecular complexity index is 633. The van der Waals surface area contributed by atoms with Crippen molar-refractivity contribution in [2.45, 2.75) is 27.3 Å². The zero-order chi connectivity index (χ0) is 13.3. The van der Waals surface area contributed by atoms with Crippen molar-refractivity contribution < 1.29 is 4.39 Å². The summed E-state index contributed by atoms with van der Waals surface area (Å²) in [5, 5.41) is 8.81. The number of halogens is 1. The van der Waals surface area contributed by atoms with Crippen LogP contribution >= 0.6 is 0 Å². The lowest BCUT2D eigenvalue weighted by atomic mass is 10.1. The Morgan fingerprint density at radius 1 is 1.28 bits per heavy atom. The van der Waals surface area contributed by atoms with Crippen molar-refractivity contribution in [3.05, 3.63) is 58.2 Å². The summed E-state index contributed by atoms with van der Waals surface area (Å²) in [7, 11) is 0. The number of nitrogens with zero attached hydrogens (tertiary/aromatic N) is 2. The molecule has 0 N–H and O–H groups in total. The lowest BCUT2D eigenvalue weighted by Crippen LogP contribution is -2.01. The molecule has 92 valence electrons. The Morgan fingerprint density at radius 2 is 2.00 bits per heavy atom. The molecule has 0 bridgehead atoms. The molecular formula is C15H15FN2. The molecule has 0 unspecified atom stereocenters. The molecule has 0 aliphatic carbocycles. The van der Waals surface area contributed by atoms with Crippen LogP contribution in [-0.4, -0.2) is 4.57 Å². The first-order chi connectivity index (χ1) is 8.52. The van der Waals surface area contributed by atoms with Crippen LogP contribution in [0.3, 0.4) is 0 Å². The highest BCUT2D eigenvalue weighted by atomic mass is 19.1. The lowest BCUT2D eigenvalue weighted by Gasteiger charge is -2.07. The monoisotopic (exact) mass is 242 g/mol. The molecule has 0 aliphatic heterocycles. The van der Waals surface area contributed by atoms with Crippen LogP contribution in [0, 0.1) is 37.9 Å². The first kappa shape index (κ1) is 12.4. The zero-order valence-electron chi connectivity index (χ0n) is 10.8. The van der Waals surface area contributed by atoms with Gasteiger partial charge >= 0.3 is 0 Å². The molecule has 0 atom stereocenters. The first-order valence-electron chi connectivity index (χ1n) is 5.84. The molecule has 1 heterocycles. The van der Waals surface area contributed by atoms with Gasteiger partial charge in [-0.3, -0.25) is 0 Å². The second-order valence-corrected chi connectivity index (χ2v) is 4.58. The van der Waals surface area contributed by atoms with Gasteiger partial charge < -0.3 is 4.57 Å². The van der Waals surface area contributed by atoms with Crippen molar-refractivity contribution in [3.8, 4) is 6.07 Å². The molecule has 1 aromatic carbocycles. The van der Waals surface area contributed by atoms with Crippen LogP contribution in [0.2, 0.25) is 0 Å². The standard InChI is InChI=1S/C15H15FN2/c1-10-8-18(12(3)11(10)2)9-13-4-5-15(16)14(6-13)7-17/h4-6,8H,9H2,1-3H3. The molecule has 1 aromatic heterocycles. The van der Waals surface area contributed by atoms with E-state index in [0.717, 1.165) is 5.56 Å². The highest BCUT2D eigenvalue weighted by Gasteiger charge is 2.07. The average Bonchev–Trinajstić information content (AvgIpc) is 2.59. The van der Waals surface area contributed by atoms with Gasteiger partial charge in [-0.1, -0.05) is 6.07 Å². The van der Waals surface area contributed by atoms with Crippen molar-refractivity contribution in [1.29, 1.82) is 5.26 Å². The summed E-state index contributed by atoms with van der Waals surface area (Å²) in [5.74, 6) is -0.460. The molecule has 2 rings (SSSR count). The smallest absolute Gasteiger partial charge is 0.140 e. The summed E-state index contributed by atoms with van der Waals surface area (Å²) in [6.07, 6.45) is 2.08. The van der Waals surface area contributed by atoms with Gasteiger partial charge in [-0.05, 0) is 49.6 Å². The van der Waals surface area contributed by atoms with Crippen LogP contribution < -0.4 is 0 Å². The predicted molar refractivity (Wildman–Crippen MR) is 68.9 cm³/mol. The zero-order valence-corrected chi connectivity index (χ0v) is 10.8. The number of rotatable bonds is 2. The topological polar surface area (TPSA) is 28.7 Å². The molecule has 0 aliphatic rings. The number of aromatic nitrogens is 1. The number of benzene rings is 1. The second-order valence-electron chi connectivity index (χ2n) is 4.58. The number of hydrogen-bond donors (Lipinski definition) is 0. The molecule has 0 fully saturated rings. The lowest BCUT2D eigenvalue weighted by molar-refractivity contribution is 0.622. The molecule has 0 radical (unpaired) electrons. The minimum Gasteiger partial charge on any atom is -0.347 e. The van der Waals surface area contributed by atoms with Crippen molar-refractivity contribution in [3.63, 3.8) is 0 Å². The van der Waals surface area contributed by atoms with Crippen LogP contribution in [0.25, 0.3) is 0 Å². The Morgan fingerprint density at radius 3 is 2.56 bits per heavy atom. The highest BCUT2D eigenvalue weighted by Crippen LogP contribution is 2.17. The molecule has 0 spiro atoms. The van der Waals surface area contributed by atoms with E-state index in [-0.39, 0.29) is 5.56 Å². The van der Waals surface area contributed by atoms with Gasteiger partial charge in [-0.25, -0.2) is 4.39 Å². The summed E-state index contributed by atoms with van der Waals surface area (Å²) in [5.41, 5.74) is 4.76. The van der Waals surface area contributed by atoms with E-state index >= 15 is 0 Å². The molecular weight excluding hydrogens is 227 g/mol. The third-order valence-electron chi connectivity index (χ3n) is 3.42. The van der Waals surface area contributed by atoms with Crippen molar-refractivity contribution in [1.82, 2.24) is 4.57 Å². The van der Waals surface area contributed by atoms with E-state index in [0.29, 0.717) is 6.54 Å². The molecule has 0 saturated carbocycles. The van der Waals surface area contributed by atoms with Crippen molar-refractivity contribution in [2.75, 3.05) is 0 Å². The van der Waals surface area contributed by atoms with Crippen LogP contribution in [0.1, 0.15) is 27.9 Å². The Balaban J connectivity index is 2.35. The summed E-state index contributed by atoms with van der Waals surface area (Å²) >= 11 is 0. The summed E-state index contributed by atoms with van der Waals surface area (Å²) in [6, 6.07) is 6.56. The number of hydrogen-bond acceptors (Lipinski definition) is 1. The minimum atomic E-state index is -0.460. The normalized spacial score (nSPS) is 10.4. The Labute approximate surface area is 106 Å². The Kier molecular flexibility index (Phi) is 3.20. The van der Waals surface area contributed by atoms with Crippen LogP contribution in [0.15, 0.2) is 24.4 Å². The van der Waals surface area contributed by atoms with Gasteiger partial charge in [0.05, 0.1) is 5.56 Å². The molecule has 18 heavy (non-hydrogen) atoms. The average molecular weight is 242 g/mol. The van der Waals surface area contributed by atoms with Gasteiger partial charge in [-0.2, -0.15) is 5.26 Å². The van der Waals surface area contributed by atoms with Gasteiger partial charge in [0.1, 0.15) is 11.9 Å². The third kappa shape index (κ3) is 2.14. The van der Waals surface area contributed by atoms with Gasteiger partial charge in [-0.15, -0.1) is 0 Å². The minimum absolute atomic E-state index is 0.103. The van der Waals surface area contributed by atoms with Crippen LogP contribution in [0.5, 0.6) is 0 Å². The van der Waals surface area contributed by atoms with Gasteiger partial charge in [0.15, 0.2) is 0 Å². The Hall–Kier alpha value is -2.08. The second kappa shape index (κ2) is 4.66. The molecule has 0 saturated heterocycles. The van der Waals surface area contributed by atoms with E-state index in [1.54, 1.807) is 12.1 Å². The van der Waals surface area contributed by atoms with E-state index in [4.69, 9.17) is 5.26 Å². The van der Waals surface area contributed by atoms with Crippen LogP contribution in [0.4, 0.5) is 4.39 Å². The fourth-order valence-corrected chi connectivity index (χ4v) is 2.05. The SMILES string of the molecule is Cc1cn(Cc2ccc(F)c(C#N)c2)c(C)c1C. The van der Waals surface area contributed by atoms with E-state index < -0.39 is 5.82 Å². The maximum atomic E-state index is 13.2. The largest absolute Gasteiger partial charge is 0.347 e. The van der Waals surface area contributed by atoms with Gasteiger partial charge in [0, 0.05) is 18.4 Å². The van der Waals surface area contributed by atoms with Gasteiger partial charge in [0.2, 0.25) is 0 Å². The molecule has 0 amide bonds. The molecule has 2 aromatic rings. The number of aryl methyl sites for hydroxylation is 1. The first-order valence-corrected chi connectivity index (χ1v) is 5.84. The predicted octanol–water partition coefficient (Wildman–Crippen LogP) is 3.47. The highest BCUT2D eigenvalue weighted by molar-refractivity contribution is 5.35. The van der Waals surface area contributed by atoms with E-state index in [1.807, 2.05) is 6.07 Å². The third-order valence-corrected chi connectivity index (χ3v) is 3.42. The van der Waals surface area contributed by atoms with E-state index in [9.17, 15) is 4.39 Å². The summed E-state index contributed by atoms with van der Waals surface area (Å²) in [4.78, 5) is 0. The van der Waals surface area contributed by atoms with E-state index in [1.165, 1.54) is 22.9 Å². The maximum absolute atomic E-state index is 13.2. The maximum Gasteiger partial charge on any atom is 0.140 e. The van der Waals surface area contributed by atoms with Crippen molar-refractivity contribution in [2.24, 2.45) is 0 Å². The summed E-state index contributed by atoms with van der Waals surface area (Å²) in [6.45, 7) is 6.89. The molecule has 3 heteroatoms. The molecule has 2 nitrogen and oxygen atoms in total. The summed E-state index contributed by atoms with van der Waals surface area (Å²) < 4.78 is 15.4. The fourth-order valence-electron chi connectivity index (χ4n) is 2.05. The van der Waals surface area contributed by atoms with Crippen molar-refractivity contribution >= 4 is 0 Å². The van der Waals surface area contributed by atoms with Crippen LogP contribution in [-0.2, 0) is 6.54 Å². The van der Waals surface area contributed by atoms with E-state index in [2.05, 4.69) is 31.5 Å². The fraction of sp³-hybridized carbons (Fsp3) is 0.267. The number of nitriles is 1. The van der Waals surface area contributed by atoms with Gasteiger partial charge in [0.25, 0.3) is 0 Å².